The Morgan fingerprint density at radius 1 is 1.21 bits per heavy atom. The summed E-state index contributed by atoms with van der Waals surface area (Å²) >= 11 is 4.16. The fourth-order valence-electron chi connectivity index (χ4n) is 4.73. The Labute approximate surface area is 233 Å². The summed E-state index contributed by atoms with van der Waals surface area (Å²) in [6, 6.07) is 9.35. The first-order valence-corrected chi connectivity index (χ1v) is 15.2. The topological polar surface area (TPSA) is 90.3 Å². The molecule has 1 aromatic carbocycles. The van der Waals surface area contributed by atoms with Gasteiger partial charge in [-0.05, 0) is 69.2 Å². The van der Waals surface area contributed by atoms with Gasteiger partial charge in [-0.2, -0.15) is 0 Å². The average molecular weight is 568 g/mol. The molecule has 5 rings (SSSR count). The lowest BCUT2D eigenvalue weighted by molar-refractivity contribution is -0.113. The van der Waals surface area contributed by atoms with E-state index in [0.717, 1.165) is 40.1 Å². The van der Waals surface area contributed by atoms with Crippen molar-refractivity contribution in [3.63, 3.8) is 0 Å². The third kappa shape index (κ3) is 5.04. The highest BCUT2D eigenvalue weighted by atomic mass is 32.2. The van der Waals surface area contributed by atoms with Gasteiger partial charge in [-0.3, -0.25) is 14.2 Å². The van der Waals surface area contributed by atoms with Crippen molar-refractivity contribution in [3.05, 3.63) is 67.1 Å². The molecular formula is C28H29N3O4S3. The van der Waals surface area contributed by atoms with Crippen LogP contribution < -0.4 is 10.9 Å². The molecule has 0 bridgehead atoms. The van der Waals surface area contributed by atoms with Gasteiger partial charge >= 0.3 is 5.97 Å². The fraction of sp³-hybridized carbons (Fsp3) is 0.357. The van der Waals surface area contributed by atoms with E-state index in [2.05, 4.69) is 12.2 Å². The number of nitrogens with one attached hydrogen (secondary N) is 1. The standard InChI is InChI=1S/C28H29N3O4S3/c1-5-35-27(34)23-19-12-11-15(2)13-20(19)38-25(23)29-21(32)14-36-28-30-24-22(16(3)17(4)37-24)26(33)31(28)18-9-7-6-8-10-18/h6-10,15H,5,11-14H2,1-4H3,(H,29,32)/t15-/m0/s1. The van der Waals surface area contributed by atoms with Gasteiger partial charge in [-0.25, -0.2) is 9.78 Å². The molecule has 1 aliphatic rings. The van der Waals surface area contributed by atoms with E-state index in [-0.39, 0.29) is 23.8 Å². The Balaban J connectivity index is 1.45. The molecule has 198 valence electrons. The van der Waals surface area contributed by atoms with E-state index in [0.29, 0.717) is 37.5 Å². The Hall–Kier alpha value is -2.95. The second-order valence-corrected chi connectivity index (χ2v) is 12.7. The van der Waals surface area contributed by atoms with Crippen LogP contribution in [0.5, 0.6) is 0 Å². The van der Waals surface area contributed by atoms with Gasteiger partial charge in [0.15, 0.2) is 5.16 Å². The first-order chi connectivity index (χ1) is 18.3. The number of benzene rings is 1. The zero-order chi connectivity index (χ0) is 27.0. The number of amides is 1. The van der Waals surface area contributed by atoms with Crippen molar-refractivity contribution in [2.75, 3.05) is 17.7 Å². The molecule has 0 unspecified atom stereocenters. The summed E-state index contributed by atoms with van der Waals surface area (Å²) in [7, 11) is 0. The molecule has 1 N–H and O–H groups in total. The van der Waals surface area contributed by atoms with E-state index < -0.39 is 5.97 Å². The van der Waals surface area contributed by atoms with Crippen LogP contribution >= 0.6 is 34.4 Å². The minimum absolute atomic E-state index is 0.0371. The van der Waals surface area contributed by atoms with E-state index in [1.807, 2.05) is 44.2 Å². The van der Waals surface area contributed by atoms with Gasteiger partial charge in [-0.1, -0.05) is 36.9 Å². The molecule has 10 heteroatoms. The van der Waals surface area contributed by atoms with Crippen LogP contribution in [0, 0.1) is 19.8 Å². The van der Waals surface area contributed by atoms with Gasteiger partial charge in [0, 0.05) is 9.75 Å². The van der Waals surface area contributed by atoms with Gasteiger partial charge in [0.05, 0.1) is 29.0 Å². The maximum atomic E-state index is 13.6. The van der Waals surface area contributed by atoms with Crippen LogP contribution in [0.1, 0.15) is 51.5 Å². The van der Waals surface area contributed by atoms with E-state index >= 15 is 0 Å². The van der Waals surface area contributed by atoms with Crippen molar-refractivity contribution in [1.82, 2.24) is 9.55 Å². The number of aromatic nitrogens is 2. The Kier molecular flexibility index (Phi) is 7.74. The van der Waals surface area contributed by atoms with Crippen LogP contribution in [0.3, 0.4) is 0 Å². The molecule has 1 aliphatic carbocycles. The number of fused-ring (bicyclic) bond motifs is 2. The first-order valence-electron chi connectivity index (χ1n) is 12.6. The molecule has 38 heavy (non-hydrogen) atoms. The van der Waals surface area contributed by atoms with Crippen molar-refractivity contribution in [2.24, 2.45) is 5.92 Å². The van der Waals surface area contributed by atoms with Gasteiger partial charge in [0.25, 0.3) is 5.56 Å². The number of carbonyl (C=O) groups is 2. The highest BCUT2D eigenvalue weighted by molar-refractivity contribution is 7.99. The SMILES string of the molecule is CCOC(=O)c1c(NC(=O)CSc2nc3sc(C)c(C)c3c(=O)n2-c2ccccc2)sc2c1CC[C@H](C)C2. The van der Waals surface area contributed by atoms with Gasteiger partial charge < -0.3 is 10.1 Å². The molecule has 0 spiro atoms. The number of anilines is 1. The zero-order valence-corrected chi connectivity index (χ0v) is 24.2. The van der Waals surface area contributed by atoms with Gasteiger partial charge in [-0.15, -0.1) is 22.7 Å². The lowest BCUT2D eigenvalue weighted by Gasteiger charge is -2.18. The molecule has 7 nitrogen and oxygen atoms in total. The first kappa shape index (κ1) is 26.6. The third-order valence-corrected chi connectivity index (χ3v) is 9.97. The maximum absolute atomic E-state index is 13.6. The summed E-state index contributed by atoms with van der Waals surface area (Å²) in [5.74, 6) is -0.0822. The molecule has 0 fully saturated rings. The van der Waals surface area contributed by atoms with Crippen LogP contribution in [0.4, 0.5) is 5.00 Å². The number of para-hydroxylation sites is 1. The second-order valence-electron chi connectivity index (χ2n) is 9.45. The molecular weight excluding hydrogens is 539 g/mol. The van der Waals surface area contributed by atoms with Crippen molar-refractivity contribution >= 4 is 61.5 Å². The summed E-state index contributed by atoms with van der Waals surface area (Å²) in [5.41, 5.74) is 2.98. The molecule has 0 saturated heterocycles. The number of nitrogens with zero attached hydrogens (tertiary/aromatic N) is 2. The van der Waals surface area contributed by atoms with Crippen molar-refractivity contribution in [2.45, 2.75) is 52.1 Å². The Morgan fingerprint density at radius 2 is 1.97 bits per heavy atom. The molecule has 1 amide bonds. The molecule has 0 radical (unpaired) electrons. The normalized spacial score (nSPS) is 14.9. The number of hydrogen-bond donors (Lipinski definition) is 1. The lowest BCUT2D eigenvalue weighted by atomic mass is 9.88. The van der Waals surface area contributed by atoms with Crippen LogP contribution in [0.2, 0.25) is 0 Å². The number of ether oxygens (including phenoxy) is 1. The second kappa shape index (κ2) is 11.0. The van der Waals surface area contributed by atoms with Crippen molar-refractivity contribution in [1.29, 1.82) is 0 Å². The number of thiophene rings is 2. The number of carbonyl (C=O) groups excluding carboxylic acids is 2. The highest BCUT2D eigenvalue weighted by Gasteiger charge is 2.29. The summed E-state index contributed by atoms with van der Waals surface area (Å²) in [6.45, 7) is 8.18. The molecule has 4 aromatic rings. The summed E-state index contributed by atoms with van der Waals surface area (Å²) < 4.78 is 6.90. The largest absolute Gasteiger partial charge is 0.462 e. The summed E-state index contributed by atoms with van der Waals surface area (Å²) in [5, 5.41) is 4.57. The van der Waals surface area contributed by atoms with Crippen molar-refractivity contribution < 1.29 is 14.3 Å². The smallest absolute Gasteiger partial charge is 0.341 e. The monoisotopic (exact) mass is 567 g/mol. The fourth-order valence-corrected chi connectivity index (χ4v) is 8.03. The number of rotatable bonds is 7. The Bertz CT molecular complexity index is 1590. The van der Waals surface area contributed by atoms with E-state index in [9.17, 15) is 14.4 Å². The number of esters is 1. The van der Waals surface area contributed by atoms with Crippen LogP contribution in [-0.4, -0.2) is 33.8 Å². The summed E-state index contributed by atoms with van der Waals surface area (Å²) in [6.07, 6.45) is 2.70. The van der Waals surface area contributed by atoms with Crippen LogP contribution in [-0.2, 0) is 22.4 Å². The molecule has 3 aromatic heterocycles. The minimum Gasteiger partial charge on any atom is -0.462 e. The molecule has 1 atom stereocenters. The maximum Gasteiger partial charge on any atom is 0.341 e. The zero-order valence-electron chi connectivity index (χ0n) is 21.8. The third-order valence-electron chi connectivity index (χ3n) is 6.76. The van der Waals surface area contributed by atoms with E-state index in [4.69, 9.17) is 9.72 Å². The van der Waals surface area contributed by atoms with Crippen LogP contribution in [0.15, 0.2) is 40.3 Å². The number of thioether (sulfide) groups is 1. The van der Waals surface area contributed by atoms with Gasteiger partial charge in [0.2, 0.25) is 5.91 Å². The van der Waals surface area contributed by atoms with Crippen LogP contribution in [0.25, 0.3) is 15.9 Å². The molecule has 0 saturated carbocycles. The average Bonchev–Trinajstić information content (AvgIpc) is 3.38. The number of hydrogen-bond acceptors (Lipinski definition) is 8. The highest BCUT2D eigenvalue weighted by Crippen LogP contribution is 2.40. The van der Waals surface area contributed by atoms with Gasteiger partial charge in [0.1, 0.15) is 9.83 Å². The van der Waals surface area contributed by atoms with E-state index in [1.54, 1.807) is 11.5 Å². The minimum atomic E-state index is -0.393. The summed E-state index contributed by atoms with van der Waals surface area (Å²) in [4.78, 5) is 47.2. The van der Waals surface area contributed by atoms with Crippen molar-refractivity contribution in [3.8, 4) is 5.69 Å². The lowest BCUT2D eigenvalue weighted by Crippen LogP contribution is -2.23. The predicted molar refractivity (Wildman–Crippen MR) is 156 cm³/mol. The molecule has 0 aliphatic heterocycles. The quantitative estimate of drug-likeness (QED) is 0.163. The molecule has 3 heterocycles. The predicted octanol–water partition coefficient (Wildman–Crippen LogP) is 6.16. The Morgan fingerprint density at radius 3 is 2.71 bits per heavy atom. The van der Waals surface area contributed by atoms with E-state index in [1.165, 1.54) is 34.4 Å². The number of aryl methyl sites for hydroxylation is 2.